The van der Waals surface area contributed by atoms with E-state index in [1.54, 1.807) is 29.2 Å². The predicted molar refractivity (Wildman–Crippen MR) is 112 cm³/mol. The van der Waals surface area contributed by atoms with Gasteiger partial charge in [0.2, 0.25) is 0 Å². The maximum absolute atomic E-state index is 13.4. The Hall–Kier alpha value is -3.03. The van der Waals surface area contributed by atoms with Gasteiger partial charge in [-0.25, -0.2) is 4.98 Å². The van der Waals surface area contributed by atoms with Crippen molar-refractivity contribution in [3.8, 4) is 6.07 Å². The zero-order valence-electron chi connectivity index (χ0n) is 16.6. The molecule has 6 nitrogen and oxygen atoms in total. The highest BCUT2D eigenvalue weighted by Gasteiger charge is 2.45. The number of aromatic nitrogens is 1. The largest absolute Gasteiger partial charge is 0.419 e. The Morgan fingerprint density at radius 2 is 2.06 bits per heavy atom. The van der Waals surface area contributed by atoms with E-state index in [1.807, 2.05) is 0 Å². The molecule has 2 aromatic rings. The highest BCUT2D eigenvalue weighted by molar-refractivity contribution is 7.80. The average Bonchev–Trinajstić information content (AvgIpc) is 2.74. The van der Waals surface area contributed by atoms with E-state index in [2.05, 4.69) is 4.98 Å². The maximum Gasteiger partial charge on any atom is 0.419 e. The number of alkyl halides is 3. The summed E-state index contributed by atoms with van der Waals surface area (Å²) in [5.41, 5.74) is -1.64. The van der Waals surface area contributed by atoms with Gasteiger partial charge in [0.15, 0.2) is 10.8 Å². The van der Waals surface area contributed by atoms with Crippen LogP contribution in [0.4, 0.5) is 24.5 Å². The van der Waals surface area contributed by atoms with Gasteiger partial charge in [-0.1, -0.05) is 12.1 Å². The zero-order chi connectivity index (χ0) is 22.8. The van der Waals surface area contributed by atoms with Crippen molar-refractivity contribution in [1.29, 1.82) is 5.26 Å². The third-order valence-electron chi connectivity index (χ3n) is 5.39. The molecule has 0 amide bonds. The Bertz CT molecular complexity index is 1050. The lowest BCUT2D eigenvalue weighted by Gasteiger charge is -2.49. The molecule has 0 aliphatic heterocycles. The van der Waals surface area contributed by atoms with Crippen LogP contribution in [0.1, 0.15) is 36.1 Å². The maximum atomic E-state index is 13.4. The summed E-state index contributed by atoms with van der Waals surface area (Å²) in [7, 11) is 1.48. The van der Waals surface area contributed by atoms with Gasteiger partial charge in [-0.3, -0.25) is 0 Å². The van der Waals surface area contributed by atoms with Crippen LogP contribution in [0.15, 0.2) is 36.5 Å². The van der Waals surface area contributed by atoms with Crippen molar-refractivity contribution in [3.63, 3.8) is 0 Å². The Balaban J connectivity index is 2.06. The van der Waals surface area contributed by atoms with Crippen LogP contribution in [0.5, 0.6) is 0 Å². The second-order valence-electron chi connectivity index (χ2n) is 7.28. The molecule has 162 valence electrons. The number of aliphatic hydroxyl groups is 1. The van der Waals surface area contributed by atoms with E-state index >= 15 is 0 Å². The number of rotatable bonds is 5. The normalized spacial score (nSPS) is 14.8. The molecule has 1 saturated carbocycles. The minimum absolute atomic E-state index is 0.0278. The molecule has 0 unspecified atom stereocenters. The van der Waals surface area contributed by atoms with Gasteiger partial charge in [-0.15, -0.1) is 0 Å². The van der Waals surface area contributed by atoms with Crippen LogP contribution in [-0.2, 0) is 17.6 Å². The number of carbonyl (C=O) groups is 1. The van der Waals surface area contributed by atoms with Crippen molar-refractivity contribution in [3.05, 3.63) is 53.3 Å². The highest BCUT2D eigenvalue weighted by atomic mass is 32.1. The topological polar surface area (TPSA) is 80.5 Å². The molecule has 0 spiro atoms. The summed E-state index contributed by atoms with van der Waals surface area (Å²) >= 11 is 5.61. The van der Waals surface area contributed by atoms with Crippen molar-refractivity contribution in [2.75, 3.05) is 16.8 Å². The second kappa shape index (κ2) is 8.61. The highest BCUT2D eigenvalue weighted by Crippen LogP contribution is 2.41. The van der Waals surface area contributed by atoms with Gasteiger partial charge in [0.25, 0.3) is 0 Å². The Morgan fingerprint density at radius 1 is 1.35 bits per heavy atom. The number of anilines is 2. The van der Waals surface area contributed by atoms with E-state index in [4.69, 9.17) is 17.5 Å². The molecule has 1 aromatic carbocycles. The second-order valence-corrected chi connectivity index (χ2v) is 7.64. The van der Waals surface area contributed by atoms with Crippen molar-refractivity contribution < 1.29 is 23.1 Å². The van der Waals surface area contributed by atoms with E-state index in [-0.39, 0.29) is 17.4 Å². The summed E-state index contributed by atoms with van der Waals surface area (Å²) in [4.78, 5) is 18.6. The number of halogens is 3. The summed E-state index contributed by atoms with van der Waals surface area (Å²) in [6.45, 7) is -0.215. The van der Waals surface area contributed by atoms with Crippen LogP contribution >= 0.6 is 12.2 Å². The Morgan fingerprint density at radius 3 is 2.58 bits per heavy atom. The van der Waals surface area contributed by atoms with Gasteiger partial charge >= 0.3 is 6.18 Å². The number of carbonyl (C=O) groups excluding carboxylic acids is 1. The number of aldehydes is 1. The summed E-state index contributed by atoms with van der Waals surface area (Å²) in [5.74, 6) is 0. The lowest BCUT2D eigenvalue weighted by Crippen LogP contribution is -2.60. The first-order valence-electron chi connectivity index (χ1n) is 9.38. The van der Waals surface area contributed by atoms with E-state index < -0.39 is 23.0 Å². The third kappa shape index (κ3) is 4.24. The lowest BCUT2D eigenvalue weighted by atomic mass is 9.76. The molecular formula is C21H19F3N4O2S. The first kappa shape index (κ1) is 22.7. The quantitative estimate of drug-likeness (QED) is 0.550. The molecule has 1 N–H and O–H groups in total. The van der Waals surface area contributed by atoms with Crippen molar-refractivity contribution >= 4 is 35.0 Å². The van der Waals surface area contributed by atoms with Gasteiger partial charge in [0.05, 0.1) is 24.1 Å². The number of thiocarbonyl (C=S) groups is 1. The van der Waals surface area contributed by atoms with Gasteiger partial charge < -0.3 is 19.7 Å². The minimum Gasteiger partial charge on any atom is -0.392 e. The SMILES string of the molecule is CN(C(=S)N(c1cccc(CO)c1)C1(C=O)CCC1)c1cnc(C#N)c(C(F)(F)F)c1. The molecule has 10 heteroatoms. The van der Waals surface area contributed by atoms with E-state index in [0.29, 0.717) is 24.1 Å². The van der Waals surface area contributed by atoms with Crippen LogP contribution in [-0.4, -0.2) is 34.1 Å². The van der Waals surface area contributed by atoms with Gasteiger partial charge in [-0.2, -0.15) is 18.4 Å². The number of benzene rings is 1. The summed E-state index contributed by atoms with van der Waals surface area (Å²) in [5, 5.41) is 18.5. The summed E-state index contributed by atoms with van der Waals surface area (Å²) in [6.07, 6.45) is -0.945. The van der Waals surface area contributed by atoms with E-state index in [0.717, 1.165) is 25.0 Å². The predicted octanol–water partition coefficient (Wildman–Crippen LogP) is 3.81. The Kier molecular flexibility index (Phi) is 6.29. The number of nitrogens with zero attached hydrogens (tertiary/aromatic N) is 4. The molecule has 0 radical (unpaired) electrons. The molecule has 1 fully saturated rings. The fourth-order valence-electron chi connectivity index (χ4n) is 3.49. The third-order valence-corrected chi connectivity index (χ3v) is 5.84. The monoisotopic (exact) mass is 448 g/mol. The fraction of sp³-hybridized carbons (Fsp3) is 0.333. The molecule has 1 aliphatic carbocycles. The van der Waals surface area contributed by atoms with Crippen LogP contribution in [0.2, 0.25) is 0 Å². The molecule has 0 bridgehead atoms. The number of nitriles is 1. The summed E-state index contributed by atoms with van der Waals surface area (Å²) in [6, 6.07) is 9.09. The molecular weight excluding hydrogens is 429 g/mol. The molecule has 31 heavy (non-hydrogen) atoms. The molecule has 3 rings (SSSR count). The van der Waals surface area contributed by atoms with Crippen LogP contribution in [0, 0.1) is 11.3 Å². The molecule has 0 saturated heterocycles. The van der Waals surface area contributed by atoms with E-state index in [1.165, 1.54) is 18.0 Å². The lowest BCUT2D eigenvalue weighted by molar-refractivity contribution is -0.138. The van der Waals surface area contributed by atoms with Crippen molar-refractivity contribution in [2.45, 2.75) is 37.6 Å². The molecule has 1 aliphatic rings. The van der Waals surface area contributed by atoms with Gasteiger partial charge in [-0.05, 0) is 55.2 Å². The van der Waals surface area contributed by atoms with Crippen molar-refractivity contribution in [1.82, 2.24) is 4.98 Å². The summed E-state index contributed by atoms with van der Waals surface area (Å²) < 4.78 is 40.1. The number of hydrogen-bond donors (Lipinski definition) is 1. The molecule has 1 heterocycles. The minimum atomic E-state index is -4.76. The standard InChI is InChI=1S/C21H19F3N4O2S/c1-27(16-9-17(21(22,23)24)18(10-25)26-11-16)19(31)28(20(13-30)6-3-7-20)15-5-2-4-14(8-15)12-29/h2,4-5,8-9,11,13,29H,3,6-7,12H2,1H3. The Labute approximate surface area is 182 Å². The number of hydrogen-bond acceptors (Lipinski definition) is 5. The van der Waals surface area contributed by atoms with Crippen LogP contribution < -0.4 is 9.80 Å². The smallest absolute Gasteiger partial charge is 0.392 e. The number of aliphatic hydroxyl groups excluding tert-OH is 1. The number of pyridine rings is 1. The zero-order valence-corrected chi connectivity index (χ0v) is 17.4. The van der Waals surface area contributed by atoms with Crippen molar-refractivity contribution in [2.24, 2.45) is 0 Å². The molecule has 0 atom stereocenters. The van der Waals surface area contributed by atoms with Gasteiger partial charge in [0.1, 0.15) is 17.9 Å². The van der Waals surface area contributed by atoms with Crippen LogP contribution in [0.25, 0.3) is 0 Å². The van der Waals surface area contributed by atoms with E-state index in [9.17, 15) is 23.1 Å². The van der Waals surface area contributed by atoms with Gasteiger partial charge in [0, 0.05) is 12.7 Å². The first-order chi connectivity index (χ1) is 14.7. The fourth-order valence-corrected chi connectivity index (χ4v) is 3.88. The molecule has 1 aromatic heterocycles. The first-order valence-corrected chi connectivity index (χ1v) is 9.79. The van der Waals surface area contributed by atoms with Crippen LogP contribution in [0.3, 0.4) is 0 Å². The average molecular weight is 448 g/mol.